The summed E-state index contributed by atoms with van der Waals surface area (Å²) in [5, 5.41) is 0. The molecule has 0 spiro atoms. The monoisotopic (exact) mass is 264 g/mol. The van der Waals surface area contributed by atoms with Gasteiger partial charge in [-0.25, -0.2) is 0 Å². The molecule has 0 radical (unpaired) electrons. The maximum Gasteiger partial charge on any atom is 0.391 e. The third-order valence-electron chi connectivity index (χ3n) is 4.17. The van der Waals surface area contributed by atoms with E-state index in [0.29, 0.717) is 32.4 Å². The number of amides is 1. The lowest BCUT2D eigenvalue weighted by molar-refractivity contribution is -0.184. The zero-order chi connectivity index (χ0) is 13.3. The first kappa shape index (κ1) is 13.6. The van der Waals surface area contributed by atoms with Crippen LogP contribution in [0.1, 0.15) is 32.1 Å². The molecule has 1 amide bonds. The van der Waals surface area contributed by atoms with Crippen molar-refractivity contribution in [1.29, 1.82) is 0 Å². The van der Waals surface area contributed by atoms with E-state index in [1.165, 1.54) is 0 Å². The van der Waals surface area contributed by atoms with Crippen molar-refractivity contribution < 1.29 is 18.0 Å². The highest BCUT2D eigenvalue weighted by atomic mass is 19.4. The Bertz CT molecular complexity index is 311. The highest BCUT2D eigenvalue weighted by molar-refractivity contribution is 5.79. The molecule has 104 valence electrons. The van der Waals surface area contributed by atoms with Crippen LogP contribution in [-0.4, -0.2) is 36.1 Å². The minimum Gasteiger partial charge on any atom is -0.339 e. The standard InChI is InChI=1S/C12H19F3N2O/c13-12(14,15)9-1-3-10(4-2-9)17-7-8(6-16)5-11(17)18/h8-10H,1-7,16H2. The van der Waals surface area contributed by atoms with E-state index >= 15 is 0 Å². The first-order valence-corrected chi connectivity index (χ1v) is 6.48. The molecular weight excluding hydrogens is 245 g/mol. The summed E-state index contributed by atoms with van der Waals surface area (Å²) in [4.78, 5) is 13.5. The van der Waals surface area contributed by atoms with Crippen LogP contribution in [0.3, 0.4) is 0 Å². The number of rotatable bonds is 2. The molecule has 2 fully saturated rings. The summed E-state index contributed by atoms with van der Waals surface area (Å²) in [5.41, 5.74) is 5.54. The SMILES string of the molecule is NCC1CC(=O)N(C2CCC(C(F)(F)F)CC2)C1. The van der Waals surface area contributed by atoms with E-state index in [-0.39, 0.29) is 30.7 Å². The summed E-state index contributed by atoms with van der Waals surface area (Å²) in [7, 11) is 0. The first-order valence-electron chi connectivity index (χ1n) is 6.48. The number of nitrogens with zero attached hydrogens (tertiary/aromatic N) is 1. The molecule has 2 aliphatic rings. The predicted molar refractivity (Wildman–Crippen MR) is 60.7 cm³/mol. The van der Waals surface area contributed by atoms with Gasteiger partial charge in [-0.1, -0.05) is 0 Å². The van der Waals surface area contributed by atoms with Crippen molar-refractivity contribution in [1.82, 2.24) is 4.90 Å². The zero-order valence-corrected chi connectivity index (χ0v) is 10.2. The molecule has 2 N–H and O–H groups in total. The van der Waals surface area contributed by atoms with Crippen molar-refractivity contribution in [3.63, 3.8) is 0 Å². The van der Waals surface area contributed by atoms with Crippen LogP contribution in [0.2, 0.25) is 0 Å². The van der Waals surface area contributed by atoms with E-state index in [9.17, 15) is 18.0 Å². The molecule has 1 aliphatic heterocycles. The molecule has 0 aromatic carbocycles. The summed E-state index contributed by atoms with van der Waals surface area (Å²) >= 11 is 0. The Hall–Kier alpha value is -0.780. The Balaban J connectivity index is 1.89. The molecule has 2 rings (SSSR count). The average Bonchev–Trinajstić information content (AvgIpc) is 2.70. The van der Waals surface area contributed by atoms with Crippen molar-refractivity contribution in [2.75, 3.05) is 13.1 Å². The molecule has 3 nitrogen and oxygen atoms in total. The molecular formula is C12H19F3N2O. The number of nitrogens with two attached hydrogens (primary N) is 1. The number of hydrogen-bond donors (Lipinski definition) is 1. The lowest BCUT2D eigenvalue weighted by atomic mass is 9.85. The summed E-state index contributed by atoms with van der Waals surface area (Å²) in [5.74, 6) is -0.949. The van der Waals surface area contributed by atoms with Crippen LogP contribution < -0.4 is 5.73 Å². The fraction of sp³-hybridized carbons (Fsp3) is 0.917. The Labute approximate surface area is 104 Å². The first-order chi connectivity index (χ1) is 8.41. The lowest BCUT2D eigenvalue weighted by Gasteiger charge is -2.35. The van der Waals surface area contributed by atoms with Crippen LogP contribution in [0.25, 0.3) is 0 Å². The highest BCUT2D eigenvalue weighted by Gasteiger charge is 2.43. The van der Waals surface area contributed by atoms with Crippen LogP contribution in [0.5, 0.6) is 0 Å². The third-order valence-corrected chi connectivity index (χ3v) is 4.17. The topological polar surface area (TPSA) is 46.3 Å². The van der Waals surface area contributed by atoms with Crippen molar-refractivity contribution in [3.05, 3.63) is 0 Å². The second-order valence-corrected chi connectivity index (χ2v) is 5.40. The summed E-state index contributed by atoms with van der Waals surface area (Å²) in [6.45, 7) is 1.09. The number of likely N-dealkylation sites (tertiary alicyclic amines) is 1. The Morgan fingerprint density at radius 3 is 2.28 bits per heavy atom. The van der Waals surface area contributed by atoms with Gasteiger partial charge in [0.05, 0.1) is 5.92 Å². The van der Waals surface area contributed by atoms with Crippen LogP contribution in [0, 0.1) is 11.8 Å². The minimum absolute atomic E-state index is 0.00681. The average molecular weight is 264 g/mol. The number of alkyl halides is 3. The van der Waals surface area contributed by atoms with Crippen molar-refractivity contribution in [3.8, 4) is 0 Å². The number of halogens is 3. The maximum atomic E-state index is 12.5. The minimum atomic E-state index is -4.08. The van der Waals surface area contributed by atoms with Gasteiger partial charge in [0.1, 0.15) is 0 Å². The van der Waals surface area contributed by atoms with E-state index in [1.807, 2.05) is 0 Å². The van der Waals surface area contributed by atoms with Gasteiger partial charge in [0.2, 0.25) is 5.91 Å². The van der Waals surface area contributed by atoms with Crippen molar-refractivity contribution >= 4 is 5.91 Å². The Morgan fingerprint density at radius 2 is 1.83 bits per heavy atom. The normalized spacial score (nSPS) is 34.1. The second-order valence-electron chi connectivity index (χ2n) is 5.40. The van der Waals surface area contributed by atoms with E-state index in [2.05, 4.69) is 0 Å². The van der Waals surface area contributed by atoms with Gasteiger partial charge in [-0.3, -0.25) is 4.79 Å². The molecule has 1 unspecified atom stereocenters. The third kappa shape index (κ3) is 2.79. The molecule has 6 heteroatoms. The van der Waals surface area contributed by atoms with E-state index in [1.54, 1.807) is 4.90 Å². The molecule has 1 aliphatic carbocycles. The van der Waals surface area contributed by atoms with Gasteiger partial charge in [0.25, 0.3) is 0 Å². The second kappa shape index (κ2) is 5.07. The van der Waals surface area contributed by atoms with Gasteiger partial charge in [-0.05, 0) is 38.1 Å². The fourth-order valence-corrected chi connectivity index (χ4v) is 3.03. The fourth-order valence-electron chi connectivity index (χ4n) is 3.03. The van der Waals surface area contributed by atoms with Gasteiger partial charge >= 0.3 is 6.18 Å². The van der Waals surface area contributed by atoms with Crippen LogP contribution in [0.15, 0.2) is 0 Å². The predicted octanol–water partition coefficient (Wildman–Crippen LogP) is 1.91. The number of carbonyl (C=O) groups is 1. The summed E-state index contributed by atoms with van der Waals surface area (Å²) < 4.78 is 37.6. The quantitative estimate of drug-likeness (QED) is 0.828. The highest BCUT2D eigenvalue weighted by Crippen LogP contribution is 2.39. The van der Waals surface area contributed by atoms with Gasteiger partial charge in [0, 0.05) is 19.0 Å². The number of hydrogen-bond acceptors (Lipinski definition) is 2. The molecule has 1 saturated carbocycles. The maximum absolute atomic E-state index is 12.5. The van der Waals surface area contributed by atoms with Crippen molar-refractivity contribution in [2.45, 2.75) is 44.3 Å². The molecule has 1 atom stereocenters. The van der Waals surface area contributed by atoms with E-state index in [4.69, 9.17) is 5.73 Å². The van der Waals surface area contributed by atoms with Gasteiger partial charge < -0.3 is 10.6 Å². The smallest absolute Gasteiger partial charge is 0.339 e. The molecule has 18 heavy (non-hydrogen) atoms. The largest absolute Gasteiger partial charge is 0.391 e. The van der Waals surface area contributed by atoms with E-state index < -0.39 is 12.1 Å². The Morgan fingerprint density at radius 1 is 1.22 bits per heavy atom. The van der Waals surface area contributed by atoms with Gasteiger partial charge in [-0.2, -0.15) is 13.2 Å². The number of carbonyl (C=O) groups excluding carboxylic acids is 1. The van der Waals surface area contributed by atoms with Crippen LogP contribution >= 0.6 is 0 Å². The summed E-state index contributed by atoms with van der Waals surface area (Å²) in [6, 6.07) is -0.00681. The molecule has 1 saturated heterocycles. The summed E-state index contributed by atoms with van der Waals surface area (Å²) in [6.07, 6.45) is -2.41. The lowest BCUT2D eigenvalue weighted by Crippen LogP contribution is -2.41. The molecule has 0 aromatic heterocycles. The molecule has 1 heterocycles. The van der Waals surface area contributed by atoms with Crippen LogP contribution in [-0.2, 0) is 4.79 Å². The zero-order valence-electron chi connectivity index (χ0n) is 10.2. The van der Waals surface area contributed by atoms with Gasteiger partial charge in [-0.15, -0.1) is 0 Å². The van der Waals surface area contributed by atoms with Crippen molar-refractivity contribution in [2.24, 2.45) is 17.6 Å². The molecule has 0 bridgehead atoms. The van der Waals surface area contributed by atoms with Gasteiger partial charge in [0.15, 0.2) is 0 Å². The van der Waals surface area contributed by atoms with Crippen LogP contribution in [0.4, 0.5) is 13.2 Å². The Kier molecular flexibility index (Phi) is 3.84. The molecule has 0 aromatic rings. The van der Waals surface area contributed by atoms with E-state index in [0.717, 1.165) is 0 Å².